The zero-order valence-corrected chi connectivity index (χ0v) is 13.5. The lowest BCUT2D eigenvalue weighted by Crippen LogP contribution is -2.56. The summed E-state index contributed by atoms with van der Waals surface area (Å²) in [7, 11) is 0. The van der Waals surface area contributed by atoms with Crippen LogP contribution >= 0.6 is 11.8 Å². The van der Waals surface area contributed by atoms with Gasteiger partial charge in [0.15, 0.2) is 0 Å². The van der Waals surface area contributed by atoms with Crippen LogP contribution < -0.4 is 11.1 Å². The molecule has 1 aromatic carbocycles. The molecule has 1 heterocycles. The van der Waals surface area contributed by atoms with Crippen molar-refractivity contribution in [1.29, 1.82) is 0 Å². The van der Waals surface area contributed by atoms with Crippen LogP contribution in [-0.4, -0.2) is 17.2 Å². The van der Waals surface area contributed by atoms with Crippen LogP contribution in [-0.2, 0) is 4.79 Å². The van der Waals surface area contributed by atoms with Gasteiger partial charge in [-0.2, -0.15) is 0 Å². The number of benzene rings is 1. The maximum Gasteiger partial charge on any atom is 0.227 e. The molecule has 1 aliphatic rings. The number of carbonyl (C=O) groups excluding carboxylic acids is 1. The van der Waals surface area contributed by atoms with Crippen LogP contribution in [0.1, 0.15) is 45.7 Å². The van der Waals surface area contributed by atoms with Crippen LogP contribution in [0.15, 0.2) is 29.2 Å². The number of nitrogens with two attached hydrogens (primary N) is 1. The first-order valence-corrected chi connectivity index (χ1v) is 8.03. The fourth-order valence-electron chi connectivity index (χ4n) is 2.12. The van der Waals surface area contributed by atoms with Crippen LogP contribution in [0.3, 0.4) is 0 Å². The first-order chi connectivity index (χ1) is 9.23. The number of amides is 1. The summed E-state index contributed by atoms with van der Waals surface area (Å²) in [5.74, 6) is 1.06. The molecule has 0 saturated carbocycles. The van der Waals surface area contributed by atoms with Crippen LogP contribution in [0.25, 0.3) is 0 Å². The van der Waals surface area contributed by atoms with Crippen LogP contribution in [0, 0.1) is 5.41 Å². The number of rotatable bonds is 3. The number of hydrogen-bond donors (Lipinski definition) is 2. The summed E-state index contributed by atoms with van der Waals surface area (Å²) in [6, 6.07) is 8.40. The predicted octanol–water partition coefficient (Wildman–Crippen LogP) is 3.10. The Bertz CT molecular complexity index is 505. The molecule has 0 aromatic heterocycles. The summed E-state index contributed by atoms with van der Waals surface area (Å²) in [5.41, 5.74) is 6.21. The predicted molar refractivity (Wildman–Crippen MR) is 84.7 cm³/mol. The Morgan fingerprint density at radius 2 is 1.95 bits per heavy atom. The van der Waals surface area contributed by atoms with E-state index in [0.717, 1.165) is 12.2 Å². The molecule has 0 spiro atoms. The molecule has 0 aliphatic carbocycles. The van der Waals surface area contributed by atoms with Gasteiger partial charge in [-0.15, -0.1) is 11.8 Å². The Hall–Kier alpha value is -1.00. The van der Waals surface area contributed by atoms with Gasteiger partial charge in [0.05, 0.1) is 11.5 Å². The van der Waals surface area contributed by atoms with Crippen molar-refractivity contribution in [2.75, 3.05) is 5.75 Å². The monoisotopic (exact) mass is 292 g/mol. The Morgan fingerprint density at radius 3 is 2.60 bits per heavy atom. The van der Waals surface area contributed by atoms with Gasteiger partial charge in [0, 0.05) is 16.2 Å². The molecular formula is C16H24N2OS. The van der Waals surface area contributed by atoms with Crippen molar-refractivity contribution in [3.8, 4) is 0 Å². The quantitative estimate of drug-likeness (QED) is 0.900. The first kappa shape index (κ1) is 15.4. The summed E-state index contributed by atoms with van der Waals surface area (Å²) < 4.78 is 0. The summed E-state index contributed by atoms with van der Waals surface area (Å²) >= 11 is 1.86. The molecule has 3 nitrogen and oxygen atoms in total. The Labute approximate surface area is 125 Å². The third-order valence-corrected chi connectivity index (χ3v) is 5.56. The maximum absolute atomic E-state index is 12.6. The number of fused-ring (bicyclic) bond motifs is 1. The third kappa shape index (κ3) is 2.86. The lowest BCUT2D eigenvalue weighted by molar-refractivity contribution is -0.133. The van der Waals surface area contributed by atoms with Gasteiger partial charge in [0.2, 0.25) is 5.91 Å². The van der Waals surface area contributed by atoms with E-state index in [1.807, 2.05) is 51.6 Å². The van der Waals surface area contributed by atoms with Gasteiger partial charge in [-0.25, -0.2) is 0 Å². The molecule has 0 radical (unpaired) electrons. The highest BCUT2D eigenvalue weighted by molar-refractivity contribution is 7.99. The summed E-state index contributed by atoms with van der Waals surface area (Å²) in [5, 5.41) is 3.19. The largest absolute Gasteiger partial charge is 0.349 e. The summed E-state index contributed by atoms with van der Waals surface area (Å²) in [6.07, 6.45) is 0.967. The normalized spacial score (nSPS) is 19.4. The average molecular weight is 292 g/mol. The smallest absolute Gasteiger partial charge is 0.227 e. The van der Waals surface area contributed by atoms with Gasteiger partial charge < -0.3 is 11.1 Å². The Balaban J connectivity index is 2.18. The van der Waals surface area contributed by atoms with Crippen LogP contribution in [0.5, 0.6) is 0 Å². The molecule has 0 fully saturated rings. The molecule has 1 aliphatic heterocycles. The standard InChI is InChI=1S/C16H24N2OS/c1-15(2,16(3,4)17)14(19)18-12-9-10-20-13-8-6-5-7-11(12)13/h5-8,12H,9-10,17H2,1-4H3,(H,18,19). The molecule has 20 heavy (non-hydrogen) atoms. The van der Waals surface area contributed by atoms with Gasteiger partial charge in [-0.1, -0.05) is 18.2 Å². The van der Waals surface area contributed by atoms with E-state index in [1.165, 1.54) is 10.5 Å². The lowest BCUT2D eigenvalue weighted by atomic mass is 9.74. The lowest BCUT2D eigenvalue weighted by Gasteiger charge is -2.38. The molecule has 1 aromatic rings. The minimum Gasteiger partial charge on any atom is -0.349 e. The van der Waals surface area contributed by atoms with E-state index in [4.69, 9.17) is 5.73 Å². The number of nitrogens with one attached hydrogen (secondary N) is 1. The average Bonchev–Trinajstić information content (AvgIpc) is 2.37. The molecule has 4 heteroatoms. The fraction of sp³-hybridized carbons (Fsp3) is 0.562. The van der Waals surface area contributed by atoms with Crippen molar-refractivity contribution in [2.45, 2.75) is 50.6 Å². The van der Waals surface area contributed by atoms with E-state index < -0.39 is 11.0 Å². The number of carbonyl (C=O) groups is 1. The highest BCUT2D eigenvalue weighted by Gasteiger charge is 2.41. The second-order valence-corrected chi connectivity index (χ2v) is 7.68. The topological polar surface area (TPSA) is 55.1 Å². The Morgan fingerprint density at radius 1 is 1.30 bits per heavy atom. The minimum absolute atomic E-state index is 0.0247. The third-order valence-electron chi connectivity index (χ3n) is 4.44. The maximum atomic E-state index is 12.6. The molecule has 1 amide bonds. The van der Waals surface area contributed by atoms with E-state index in [-0.39, 0.29) is 11.9 Å². The Kier molecular flexibility index (Phi) is 4.17. The van der Waals surface area contributed by atoms with E-state index in [0.29, 0.717) is 0 Å². The second-order valence-electron chi connectivity index (χ2n) is 6.55. The minimum atomic E-state index is -0.605. The van der Waals surface area contributed by atoms with Crippen LogP contribution in [0.4, 0.5) is 0 Å². The second kappa shape index (κ2) is 5.41. The van der Waals surface area contributed by atoms with Crippen molar-refractivity contribution in [2.24, 2.45) is 11.1 Å². The van der Waals surface area contributed by atoms with Gasteiger partial charge in [-0.3, -0.25) is 4.79 Å². The SMILES string of the molecule is CC(C)(N)C(C)(C)C(=O)NC1CCSc2ccccc21. The van der Waals surface area contributed by atoms with E-state index in [2.05, 4.69) is 17.4 Å². The zero-order chi connectivity index (χ0) is 15.0. The number of thioether (sulfide) groups is 1. The van der Waals surface area contributed by atoms with Crippen molar-refractivity contribution in [1.82, 2.24) is 5.32 Å². The molecule has 1 unspecified atom stereocenters. The van der Waals surface area contributed by atoms with E-state index >= 15 is 0 Å². The van der Waals surface area contributed by atoms with Gasteiger partial charge in [-0.05, 0) is 45.7 Å². The highest BCUT2D eigenvalue weighted by atomic mass is 32.2. The van der Waals surface area contributed by atoms with Gasteiger partial charge in [0.1, 0.15) is 0 Å². The van der Waals surface area contributed by atoms with Crippen molar-refractivity contribution in [3.05, 3.63) is 29.8 Å². The molecule has 3 N–H and O–H groups in total. The molecule has 110 valence electrons. The number of hydrogen-bond acceptors (Lipinski definition) is 3. The highest BCUT2D eigenvalue weighted by Crippen LogP contribution is 2.37. The zero-order valence-electron chi connectivity index (χ0n) is 12.7. The van der Waals surface area contributed by atoms with E-state index in [1.54, 1.807) is 0 Å². The molecule has 2 rings (SSSR count). The van der Waals surface area contributed by atoms with Gasteiger partial charge >= 0.3 is 0 Å². The van der Waals surface area contributed by atoms with E-state index in [9.17, 15) is 4.79 Å². The van der Waals surface area contributed by atoms with Gasteiger partial charge in [0.25, 0.3) is 0 Å². The van der Waals surface area contributed by atoms with Crippen LogP contribution in [0.2, 0.25) is 0 Å². The van der Waals surface area contributed by atoms with Crippen molar-refractivity contribution < 1.29 is 4.79 Å². The molecular weight excluding hydrogens is 268 g/mol. The molecule has 0 saturated heterocycles. The molecule has 1 atom stereocenters. The summed E-state index contributed by atoms with van der Waals surface area (Å²) in [4.78, 5) is 13.9. The first-order valence-electron chi connectivity index (χ1n) is 7.05. The summed E-state index contributed by atoms with van der Waals surface area (Å²) in [6.45, 7) is 7.62. The fourth-order valence-corrected chi connectivity index (χ4v) is 3.25. The molecule has 0 bridgehead atoms. The van der Waals surface area contributed by atoms with Crippen molar-refractivity contribution >= 4 is 17.7 Å². The van der Waals surface area contributed by atoms with Crippen molar-refractivity contribution in [3.63, 3.8) is 0 Å².